The first-order chi connectivity index (χ1) is 16.8. The number of aromatic nitrogens is 1. The number of likely N-dealkylation sites (N-methyl/N-ethyl adjacent to an activating group) is 1. The monoisotopic (exact) mass is 514 g/mol. The molecule has 0 saturated heterocycles. The van der Waals surface area contributed by atoms with Crippen LogP contribution in [0.4, 0.5) is 5.13 Å². The molecular weight excluding hydrogens is 480 g/mol. The molecule has 1 heterocycles. The van der Waals surface area contributed by atoms with Crippen molar-refractivity contribution in [3.8, 4) is 0 Å². The molecule has 0 aliphatic heterocycles. The van der Waals surface area contributed by atoms with Gasteiger partial charge >= 0.3 is 0 Å². The molecular formula is C26H34N4O3S2. The van der Waals surface area contributed by atoms with Crippen LogP contribution < -0.4 is 4.90 Å². The van der Waals surface area contributed by atoms with E-state index in [1.54, 1.807) is 24.1 Å². The van der Waals surface area contributed by atoms with Crippen molar-refractivity contribution in [3.63, 3.8) is 0 Å². The molecule has 1 amide bonds. The summed E-state index contributed by atoms with van der Waals surface area (Å²) in [4.78, 5) is 22.6. The highest BCUT2D eigenvalue weighted by Crippen LogP contribution is 2.32. The van der Waals surface area contributed by atoms with Crippen LogP contribution in [0, 0.1) is 0 Å². The minimum atomic E-state index is -3.55. The Hall–Kier alpha value is -2.33. The van der Waals surface area contributed by atoms with Crippen LogP contribution in [0.25, 0.3) is 10.2 Å². The van der Waals surface area contributed by atoms with Crippen LogP contribution in [0.1, 0.15) is 49.5 Å². The summed E-state index contributed by atoms with van der Waals surface area (Å²) >= 11 is 1.52. The number of fused-ring (bicyclic) bond motifs is 1. The van der Waals surface area contributed by atoms with Crippen molar-refractivity contribution in [2.75, 3.05) is 38.1 Å². The SMILES string of the molecule is CCc1ccc2nc(N(CCN(CC)CC)C(=O)c3ccc(S(=O)(=O)N(C)C4CC4)cc3)sc2c1. The zero-order valence-electron chi connectivity index (χ0n) is 20.9. The van der Waals surface area contributed by atoms with Gasteiger partial charge in [-0.1, -0.05) is 38.2 Å². The van der Waals surface area contributed by atoms with E-state index in [1.807, 2.05) is 6.07 Å². The van der Waals surface area contributed by atoms with Gasteiger partial charge in [0.05, 0.1) is 15.1 Å². The summed E-state index contributed by atoms with van der Waals surface area (Å²) in [5.74, 6) is -0.175. The van der Waals surface area contributed by atoms with E-state index in [1.165, 1.54) is 33.3 Å². The van der Waals surface area contributed by atoms with Gasteiger partial charge in [-0.3, -0.25) is 9.69 Å². The summed E-state index contributed by atoms with van der Waals surface area (Å²) in [5, 5.41) is 0.663. The van der Waals surface area contributed by atoms with Gasteiger partial charge in [0.25, 0.3) is 5.91 Å². The number of nitrogens with zero attached hydrogens (tertiary/aromatic N) is 4. The van der Waals surface area contributed by atoms with Crippen LogP contribution in [0.2, 0.25) is 0 Å². The summed E-state index contributed by atoms with van der Waals surface area (Å²) in [5.41, 5.74) is 2.57. The maximum Gasteiger partial charge on any atom is 0.260 e. The summed E-state index contributed by atoms with van der Waals surface area (Å²) in [6.07, 6.45) is 2.74. The van der Waals surface area contributed by atoms with Gasteiger partial charge in [-0.25, -0.2) is 13.4 Å². The van der Waals surface area contributed by atoms with E-state index in [2.05, 4.69) is 37.8 Å². The second-order valence-electron chi connectivity index (χ2n) is 8.91. The molecule has 2 aromatic carbocycles. The zero-order chi connectivity index (χ0) is 25.2. The maximum absolute atomic E-state index is 13.7. The third-order valence-corrected chi connectivity index (χ3v) is 9.66. The third-order valence-electron chi connectivity index (χ3n) is 6.70. The molecule has 188 valence electrons. The molecule has 1 fully saturated rings. The molecule has 35 heavy (non-hydrogen) atoms. The molecule has 3 aromatic rings. The Morgan fingerprint density at radius 3 is 2.31 bits per heavy atom. The van der Waals surface area contributed by atoms with Gasteiger partial charge in [-0.15, -0.1) is 0 Å². The molecule has 0 bridgehead atoms. The van der Waals surface area contributed by atoms with Crippen molar-refractivity contribution in [2.45, 2.75) is 51.0 Å². The number of sulfonamides is 1. The molecule has 0 N–H and O–H groups in total. The number of carbonyl (C=O) groups is 1. The fourth-order valence-electron chi connectivity index (χ4n) is 4.08. The Bertz CT molecular complexity index is 1280. The predicted octanol–water partition coefficient (Wildman–Crippen LogP) is 4.63. The molecule has 0 unspecified atom stereocenters. The van der Waals surface area contributed by atoms with E-state index >= 15 is 0 Å². The van der Waals surface area contributed by atoms with Crippen molar-refractivity contribution in [1.82, 2.24) is 14.2 Å². The highest BCUT2D eigenvalue weighted by Gasteiger charge is 2.35. The zero-order valence-corrected chi connectivity index (χ0v) is 22.5. The first-order valence-electron chi connectivity index (χ1n) is 12.3. The van der Waals surface area contributed by atoms with E-state index in [0.717, 1.165) is 49.1 Å². The minimum absolute atomic E-state index is 0.0872. The first kappa shape index (κ1) is 25.8. The van der Waals surface area contributed by atoms with Crippen LogP contribution in [0.15, 0.2) is 47.4 Å². The topological polar surface area (TPSA) is 73.8 Å². The van der Waals surface area contributed by atoms with Crippen molar-refractivity contribution >= 4 is 42.6 Å². The lowest BCUT2D eigenvalue weighted by Gasteiger charge is -2.25. The second kappa shape index (κ2) is 10.7. The summed E-state index contributed by atoms with van der Waals surface area (Å²) < 4.78 is 28.2. The number of hydrogen-bond donors (Lipinski definition) is 0. The lowest BCUT2D eigenvalue weighted by molar-refractivity contribution is 0.0983. The summed E-state index contributed by atoms with van der Waals surface area (Å²) in [7, 11) is -1.93. The van der Waals surface area contributed by atoms with Crippen LogP contribution in [-0.4, -0.2) is 67.8 Å². The van der Waals surface area contributed by atoms with E-state index in [0.29, 0.717) is 17.2 Å². The van der Waals surface area contributed by atoms with E-state index in [9.17, 15) is 13.2 Å². The fourth-order valence-corrected chi connectivity index (χ4v) is 6.55. The third kappa shape index (κ3) is 5.58. The maximum atomic E-state index is 13.7. The lowest BCUT2D eigenvalue weighted by atomic mass is 10.2. The largest absolute Gasteiger partial charge is 0.302 e. The smallest absolute Gasteiger partial charge is 0.260 e. The predicted molar refractivity (Wildman–Crippen MR) is 143 cm³/mol. The molecule has 7 nitrogen and oxygen atoms in total. The Morgan fingerprint density at radius 1 is 1.03 bits per heavy atom. The average Bonchev–Trinajstić information content (AvgIpc) is 3.64. The van der Waals surface area contributed by atoms with Crippen molar-refractivity contribution in [1.29, 1.82) is 0 Å². The van der Waals surface area contributed by atoms with Gasteiger partial charge in [0.1, 0.15) is 0 Å². The molecule has 0 spiro atoms. The minimum Gasteiger partial charge on any atom is -0.302 e. The number of carbonyl (C=O) groups excluding carboxylic acids is 1. The first-order valence-corrected chi connectivity index (χ1v) is 14.6. The molecule has 0 radical (unpaired) electrons. The van der Waals surface area contributed by atoms with E-state index in [-0.39, 0.29) is 16.8 Å². The Balaban J connectivity index is 1.63. The number of thiazole rings is 1. The van der Waals surface area contributed by atoms with Crippen molar-refractivity contribution < 1.29 is 13.2 Å². The average molecular weight is 515 g/mol. The number of anilines is 1. The fraction of sp³-hybridized carbons (Fsp3) is 0.462. The summed E-state index contributed by atoms with van der Waals surface area (Å²) in [6, 6.07) is 12.6. The van der Waals surface area contributed by atoms with Gasteiger partial charge in [0.15, 0.2) is 5.13 Å². The number of benzene rings is 2. The number of aryl methyl sites for hydroxylation is 1. The van der Waals surface area contributed by atoms with E-state index in [4.69, 9.17) is 4.98 Å². The lowest BCUT2D eigenvalue weighted by Crippen LogP contribution is -2.38. The Kier molecular flexibility index (Phi) is 7.90. The molecule has 9 heteroatoms. The molecule has 1 aliphatic carbocycles. The van der Waals surface area contributed by atoms with Crippen LogP contribution in [0.3, 0.4) is 0 Å². The molecule has 1 aliphatic rings. The Morgan fingerprint density at radius 2 is 1.71 bits per heavy atom. The van der Waals surface area contributed by atoms with Crippen LogP contribution in [0.5, 0.6) is 0 Å². The van der Waals surface area contributed by atoms with Gasteiger partial charge in [0.2, 0.25) is 10.0 Å². The van der Waals surface area contributed by atoms with Gasteiger partial charge < -0.3 is 4.90 Å². The second-order valence-corrected chi connectivity index (χ2v) is 11.9. The Labute approximate surface area is 212 Å². The van der Waals surface area contributed by atoms with Crippen molar-refractivity contribution in [2.24, 2.45) is 0 Å². The van der Waals surface area contributed by atoms with Crippen molar-refractivity contribution in [3.05, 3.63) is 53.6 Å². The number of rotatable bonds is 11. The number of amides is 1. The molecule has 1 aromatic heterocycles. The van der Waals surface area contributed by atoms with Crippen LogP contribution in [-0.2, 0) is 16.4 Å². The van der Waals surface area contributed by atoms with Crippen LogP contribution >= 0.6 is 11.3 Å². The molecule has 1 saturated carbocycles. The standard InChI is InChI=1S/C26H34N4O3S2/c1-5-19-8-15-23-24(18-19)34-26(27-23)30(17-16-29(6-2)7-3)25(31)20-9-13-22(14-10-20)35(32,33)28(4)21-11-12-21/h8-10,13-15,18,21H,5-7,11-12,16-17H2,1-4H3. The highest BCUT2D eigenvalue weighted by atomic mass is 32.2. The van der Waals surface area contributed by atoms with E-state index < -0.39 is 10.0 Å². The molecule has 0 atom stereocenters. The normalized spacial score (nSPS) is 14.2. The number of hydrogen-bond acceptors (Lipinski definition) is 6. The van der Waals surface area contributed by atoms with Gasteiger partial charge in [0, 0.05) is 31.7 Å². The quantitative estimate of drug-likeness (QED) is 0.373. The summed E-state index contributed by atoms with van der Waals surface area (Å²) in [6.45, 7) is 9.38. The molecule has 4 rings (SSSR count). The van der Waals surface area contributed by atoms with Gasteiger partial charge in [-0.05, 0) is 74.3 Å². The van der Waals surface area contributed by atoms with Gasteiger partial charge in [-0.2, -0.15) is 4.31 Å². The highest BCUT2D eigenvalue weighted by molar-refractivity contribution is 7.89.